The molecule has 1 aromatic carbocycles. The molecule has 6 nitrogen and oxygen atoms in total. The van der Waals surface area contributed by atoms with Crippen LogP contribution in [0.15, 0.2) is 35.5 Å². The van der Waals surface area contributed by atoms with Crippen LogP contribution in [0.2, 0.25) is 0 Å². The van der Waals surface area contributed by atoms with Crippen LogP contribution < -0.4 is 10.0 Å². The summed E-state index contributed by atoms with van der Waals surface area (Å²) in [6.45, 7) is 3.77. The lowest BCUT2D eigenvalue weighted by molar-refractivity contribution is 0.598. The number of imidazole rings is 1. The van der Waals surface area contributed by atoms with Crippen molar-refractivity contribution in [2.75, 3.05) is 11.8 Å². The first-order valence-corrected chi connectivity index (χ1v) is 8.12. The van der Waals surface area contributed by atoms with Gasteiger partial charge in [0.25, 0.3) is 10.0 Å². The van der Waals surface area contributed by atoms with Gasteiger partial charge in [-0.15, -0.1) is 0 Å². The molecule has 0 spiro atoms. The average Bonchev–Trinajstić information content (AvgIpc) is 2.78. The summed E-state index contributed by atoms with van der Waals surface area (Å²) in [6.07, 6.45) is 1.50. The maximum Gasteiger partial charge on any atom is 0.280 e. The molecule has 0 amide bonds. The van der Waals surface area contributed by atoms with Crippen LogP contribution >= 0.6 is 0 Å². The third kappa shape index (κ3) is 3.43. The molecule has 0 fully saturated rings. The summed E-state index contributed by atoms with van der Waals surface area (Å²) in [5, 5.41) is 3.14. The third-order valence-corrected chi connectivity index (χ3v) is 4.69. The summed E-state index contributed by atoms with van der Waals surface area (Å²) >= 11 is 0. The van der Waals surface area contributed by atoms with Crippen molar-refractivity contribution < 1.29 is 8.42 Å². The highest BCUT2D eigenvalue weighted by atomic mass is 32.2. The van der Waals surface area contributed by atoms with E-state index >= 15 is 0 Å². The fraction of sp³-hybridized carbons (Fsp3) is 0.357. The lowest BCUT2D eigenvalue weighted by atomic mass is 10.1. The summed E-state index contributed by atoms with van der Waals surface area (Å²) in [7, 11) is -0.0467. The van der Waals surface area contributed by atoms with Crippen molar-refractivity contribution in [1.29, 1.82) is 0 Å². The Hall–Kier alpha value is -1.86. The summed E-state index contributed by atoms with van der Waals surface area (Å²) in [5.41, 5.74) is 1.54. The highest BCUT2D eigenvalue weighted by Crippen LogP contribution is 2.20. The van der Waals surface area contributed by atoms with Crippen LogP contribution in [0.5, 0.6) is 0 Å². The van der Waals surface area contributed by atoms with E-state index in [1.807, 2.05) is 32.2 Å². The number of benzene rings is 1. The van der Waals surface area contributed by atoms with E-state index in [0.717, 1.165) is 5.56 Å². The molecule has 21 heavy (non-hydrogen) atoms. The molecule has 114 valence electrons. The van der Waals surface area contributed by atoms with Gasteiger partial charge in [-0.05, 0) is 38.6 Å². The first-order valence-electron chi connectivity index (χ1n) is 6.63. The normalized spacial score (nSPS) is 13.1. The molecule has 1 atom stereocenters. The number of anilines is 1. The fourth-order valence-electron chi connectivity index (χ4n) is 1.90. The lowest BCUT2D eigenvalue weighted by Gasteiger charge is -2.12. The van der Waals surface area contributed by atoms with E-state index in [4.69, 9.17) is 0 Å². The Kier molecular flexibility index (Phi) is 4.34. The van der Waals surface area contributed by atoms with Crippen LogP contribution in [0.3, 0.4) is 0 Å². The van der Waals surface area contributed by atoms with Gasteiger partial charge in [0.2, 0.25) is 0 Å². The van der Waals surface area contributed by atoms with E-state index in [9.17, 15) is 8.42 Å². The topological polar surface area (TPSA) is 76.0 Å². The number of aryl methyl sites for hydroxylation is 2. The van der Waals surface area contributed by atoms with Crippen molar-refractivity contribution in [3.8, 4) is 0 Å². The minimum absolute atomic E-state index is 0.0227. The largest absolute Gasteiger partial charge is 0.337 e. The van der Waals surface area contributed by atoms with Gasteiger partial charge in [0.1, 0.15) is 5.82 Å². The molecule has 0 saturated carbocycles. The van der Waals surface area contributed by atoms with E-state index in [1.165, 1.54) is 6.20 Å². The number of nitrogens with one attached hydrogen (secondary N) is 2. The highest BCUT2D eigenvalue weighted by Gasteiger charge is 2.18. The molecule has 2 rings (SSSR count). The van der Waals surface area contributed by atoms with Crippen molar-refractivity contribution in [2.24, 2.45) is 7.05 Å². The first kappa shape index (κ1) is 15.5. The lowest BCUT2D eigenvalue weighted by Crippen LogP contribution is -2.15. The fourth-order valence-corrected chi connectivity index (χ4v) is 2.99. The molecule has 1 heterocycles. The molecule has 1 unspecified atom stereocenters. The number of nitrogens with zero attached hydrogens (tertiary/aromatic N) is 2. The second-order valence-corrected chi connectivity index (χ2v) is 6.61. The maximum atomic E-state index is 12.3. The van der Waals surface area contributed by atoms with E-state index in [1.54, 1.807) is 24.6 Å². The quantitative estimate of drug-likeness (QED) is 0.883. The van der Waals surface area contributed by atoms with E-state index < -0.39 is 10.0 Å². The minimum Gasteiger partial charge on any atom is -0.337 e. The van der Waals surface area contributed by atoms with Crippen LogP contribution in [0, 0.1) is 6.92 Å². The van der Waals surface area contributed by atoms with Crippen molar-refractivity contribution >= 4 is 15.7 Å². The number of rotatable bonds is 5. The Bertz CT molecular complexity index is 718. The summed E-state index contributed by atoms with van der Waals surface area (Å²) in [6, 6.07) is 7.45. The zero-order valence-corrected chi connectivity index (χ0v) is 13.4. The second kappa shape index (κ2) is 5.87. The van der Waals surface area contributed by atoms with Gasteiger partial charge in [-0.2, -0.15) is 8.42 Å². The number of hydrogen-bond donors (Lipinski definition) is 2. The average molecular weight is 308 g/mol. The molecule has 0 aliphatic carbocycles. The standard InChI is InChI=1S/C14H20N4O2S/c1-10(15-3)12-6-5-7-13(8-12)17-21(19,20)14-9-18(4)11(2)16-14/h5-10,15,17H,1-4H3. The van der Waals surface area contributed by atoms with Crippen LogP contribution in [-0.4, -0.2) is 25.0 Å². The van der Waals surface area contributed by atoms with Crippen LogP contribution in [-0.2, 0) is 17.1 Å². The smallest absolute Gasteiger partial charge is 0.280 e. The Morgan fingerprint density at radius 3 is 2.62 bits per heavy atom. The molecule has 2 aromatic rings. The van der Waals surface area contributed by atoms with Crippen LogP contribution in [0.1, 0.15) is 24.4 Å². The van der Waals surface area contributed by atoms with Gasteiger partial charge in [-0.1, -0.05) is 12.1 Å². The molecule has 0 aliphatic heterocycles. The molecular formula is C14H20N4O2S. The van der Waals surface area contributed by atoms with Crippen molar-refractivity contribution in [2.45, 2.75) is 24.9 Å². The van der Waals surface area contributed by atoms with Gasteiger partial charge in [0, 0.05) is 25.0 Å². The summed E-state index contributed by atoms with van der Waals surface area (Å²) < 4.78 is 28.9. The van der Waals surface area contributed by atoms with Crippen molar-refractivity contribution in [3.63, 3.8) is 0 Å². The summed E-state index contributed by atoms with van der Waals surface area (Å²) in [5.74, 6) is 0.646. The van der Waals surface area contributed by atoms with Gasteiger partial charge in [-0.3, -0.25) is 4.72 Å². The SMILES string of the molecule is CNC(C)c1cccc(NS(=O)(=O)c2cn(C)c(C)n2)c1. The third-order valence-electron chi connectivity index (χ3n) is 3.43. The number of aromatic nitrogens is 2. The second-order valence-electron chi connectivity index (χ2n) is 4.98. The Labute approximate surface area is 125 Å². The van der Waals surface area contributed by atoms with Crippen molar-refractivity contribution in [3.05, 3.63) is 41.9 Å². The zero-order chi connectivity index (χ0) is 15.6. The Morgan fingerprint density at radius 1 is 1.33 bits per heavy atom. The Morgan fingerprint density at radius 2 is 2.05 bits per heavy atom. The number of hydrogen-bond acceptors (Lipinski definition) is 4. The van der Waals surface area contributed by atoms with Gasteiger partial charge in [0.05, 0.1) is 0 Å². The molecule has 0 bridgehead atoms. The zero-order valence-electron chi connectivity index (χ0n) is 12.6. The molecule has 0 saturated heterocycles. The molecule has 7 heteroatoms. The van der Waals surface area contributed by atoms with E-state index in [0.29, 0.717) is 11.5 Å². The predicted octanol–water partition coefficient (Wildman–Crippen LogP) is 1.81. The molecule has 0 radical (unpaired) electrons. The summed E-state index contributed by atoms with van der Waals surface area (Å²) in [4.78, 5) is 4.05. The van der Waals surface area contributed by atoms with Crippen LogP contribution in [0.25, 0.3) is 0 Å². The van der Waals surface area contributed by atoms with Crippen LogP contribution in [0.4, 0.5) is 5.69 Å². The van der Waals surface area contributed by atoms with Gasteiger partial charge in [0.15, 0.2) is 5.03 Å². The van der Waals surface area contributed by atoms with Crippen molar-refractivity contribution in [1.82, 2.24) is 14.9 Å². The molecular weight excluding hydrogens is 288 g/mol. The Balaban J connectivity index is 2.28. The molecule has 0 aliphatic rings. The predicted molar refractivity (Wildman–Crippen MR) is 82.7 cm³/mol. The first-order chi connectivity index (χ1) is 9.83. The van der Waals surface area contributed by atoms with Gasteiger partial charge < -0.3 is 9.88 Å². The monoisotopic (exact) mass is 308 g/mol. The molecule has 2 N–H and O–H groups in total. The minimum atomic E-state index is -3.67. The van der Waals surface area contributed by atoms with Gasteiger partial charge in [-0.25, -0.2) is 4.98 Å². The maximum absolute atomic E-state index is 12.3. The molecule has 1 aromatic heterocycles. The van der Waals surface area contributed by atoms with E-state index in [-0.39, 0.29) is 11.1 Å². The highest BCUT2D eigenvalue weighted by molar-refractivity contribution is 7.92. The number of sulfonamides is 1. The van der Waals surface area contributed by atoms with E-state index in [2.05, 4.69) is 15.0 Å². The van der Waals surface area contributed by atoms with Gasteiger partial charge >= 0.3 is 0 Å².